The number of carbonyl (C=O) groups excluding carboxylic acids is 2. The molecule has 2 N–H and O–H groups in total. The third-order valence-electron chi connectivity index (χ3n) is 5.66. The van der Waals surface area contributed by atoms with E-state index in [0.717, 1.165) is 35.0 Å². The summed E-state index contributed by atoms with van der Waals surface area (Å²) in [6.45, 7) is 1.08. The largest absolute Gasteiger partial charge is 0.493 e. The van der Waals surface area contributed by atoms with E-state index >= 15 is 0 Å². The Morgan fingerprint density at radius 2 is 2.03 bits per heavy atom. The first-order valence-electron chi connectivity index (χ1n) is 10.5. The van der Waals surface area contributed by atoms with Crippen molar-refractivity contribution in [3.8, 4) is 5.75 Å². The Morgan fingerprint density at radius 3 is 2.84 bits per heavy atom. The SMILES string of the molecule is NC(=O)c1sc2ccccc2c1C[C@@H]1CCCN1C(=O)CCCOc1cccc(F)c1. The molecule has 7 heteroatoms. The molecule has 1 aliphatic rings. The molecule has 1 aromatic heterocycles. The minimum absolute atomic E-state index is 0.0627. The molecule has 31 heavy (non-hydrogen) atoms. The normalized spacial score (nSPS) is 16.0. The molecule has 1 aliphatic heterocycles. The van der Waals surface area contributed by atoms with Crippen molar-refractivity contribution in [2.45, 2.75) is 38.1 Å². The van der Waals surface area contributed by atoms with Crippen molar-refractivity contribution in [1.29, 1.82) is 0 Å². The van der Waals surface area contributed by atoms with Crippen LogP contribution in [0.3, 0.4) is 0 Å². The van der Waals surface area contributed by atoms with Crippen LogP contribution in [-0.2, 0) is 11.2 Å². The first-order chi connectivity index (χ1) is 15.0. The first-order valence-corrected chi connectivity index (χ1v) is 11.3. The van der Waals surface area contributed by atoms with Gasteiger partial charge in [0.05, 0.1) is 11.5 Å². The lowest BCUT2D eigenvalue weighted by molar-refractivity contribution is -0.132. The molecule has 2 heterocycles. The van der Waals surface area contributed by atoms with Crippen LogP contribution in [0.25, 0.3) is 10.1 Å². The predicted molar refractivity (Wildman–Crippen MR) is 120 cm³/mol. The van der Waals surface area contributed by atoms with Gasteiger partial charge in [0.2, 0.25) is 5.91 Å². The van der Waals surface area contributed by atoms with Crippen molar-refractivity contribution >= 4 is 33.2 Å². The van der Waals surface area contributed by atoms with E-state index in [1.54, 1.807) is 12.1 Å². The highest BCUT2D eigenvalue weighted by Gasteiger charge is 2.30. The Labute approximate surface area is 184 Å². The van der Waals surface area contributed by atoms with E-state index in [2.05, 4.69) is 0 Å². The van der Waals surface area contributed by atoms with Gasteiger partial charge in [-0.3, -0.25) is 9.59 Å². The van der Waals surface area contributed by atoms with Crippen LogP contribution < -0.4 is 10.5 Å². The van der Waals surface area contributed by atoms with E-state index in [9.17, 15) is 14.0 Å². The highest BCUT2D eigenvalue weighted by molar-refractivity contribution is 7.21. The third kappa shape index (κ3) is 4.88. The van der Waals surface area contributed by atoms with Gasteiger partial charge in [0.25, 0.3) is 5.91 Å². The summed E-state index contributed by atoms with van der Waals surface area (Å²) in [5.74, 6) is -0.202. The average molecular weight is 441 g/mol. The molecule has 0 unspecified atom stereocenters. The van der Waals surface area contributed by atoms with E-state index in [-0.39, 0.29) is 17.8 Å². The maximum Gasteiger partial charge on any atom is 0.259 e. The molecule has 1 fully saturated rings. The number of primary amides is 1. The Kier molecular flexibility index (Phi) is 6.51. The van der Waals surface area contributed by atoms with E-state index in [4.69, 9.17) is 10.5 Å². The fourth-order valence-electron chi connectivity index (χ4n) is 4.23. The summed E-state index contributed by atoms with van der Waals surface area (Å²) < 4.78 is 19.8. The van der Waals surface area contributed by atoms with E-state index in [1.807, 2.05) is 29.2 Å². The first kappa shape index (κ1) is 21.3. The fourth-order valence-corrected chi connectivity index (χ4v) is 5.31. The topological polar surface area (TPSA) is 72.6 Å². The quantitative estimate of drug-likeness (QED) is 0.523. The van der Waals surface area contributed by atoms with Gasteiger partial charge in [-0.1, -0.05) is 24.3 Å². The van der Waals surface area contributed by atoms with Crippen LogP contribution >= 0.6 is 11.3 Å². The number of amides is 2. The number of halogens is 1. The summed E-state index contributed by atoms with van der Waals surface area (Å²) in [5, 5.41) is 1.05. The molecule has 2 aromatic carbocycles. The molecule has 4 rings (SSSR count). The Balaban J connectivity index is 1.38. The second-order valence-corrected chi connectivity index (χ2v) is 8.82. The standard InChI is InChI=1S/C24H25FN2O3S/c25-16-6-3-8-18(14-16)30-13-5-11-22(28)27-12-4-7-17(27)15-20-19-9-1-2-10-21(19)31-23(20)24(26)29/h1-3,6,8-10,14,17H,4-5,7,11-13,15H2,(H2,26,29)/t17-/m0/s1. The van der Waals surface area contributed by atoms with Gasteiger partial charge in [-0.25, -0.2) is 4.39 Å². The molecule has 5 nitrogen and oxygen atoms in total. The fraction of sp³-hybridized carbons (Fsp3) is 0.333. The number of thiophene rings is 1. The summed E-state index contributed by atoms with van der Waals surface area (Å²) in [6, 6.07) is 14.0. The van der Waals surface area contributed by atoms with Gasteiger partial charge in [-0.15, -0.1) is 11.3 Å². The van der Waals surface area contributed by atoms with Crippen molar-refractivity contribution < 1.29 is 18.7 Å². The molecule has 0 bridgehead atoms. The molecule has 0 spiro atoms. The van der Waals surface area contributed by atoms with Crippen LogP contribution in [0.2, 0.25) is 0 Å². The zero-order valence-electron chi connectivity index (χ0n) is 17.2. The molecule has 0 aliphatic carbocycles. The lowest BCUT2D eigenvalue weighted by Gasteiger charge is -2.25. The average Bonchev–Trinajstić information content (AvgIpc) is 3.37. The molecule has 1 saturated heterocycles. The number of hydrogen-bond acceptors (Lipinski definition) is 4. The second kappa shape index (κ2) is 9.47. The van der Waals surface area contributed by atoms with E-state index in [0.29, 0.717) is 36.5 Å². The molecule has 3 aromatic rings. The number of likely N-dealkylation sites (tertiary alicyclic amines) is 1. The van der Waals surface area contributed by atoms with Crippen LogP contribution in [0.5, 0.6) is 5.75 Å². The maximum absolute atomic E-state index is 13.2. The summed E-state index contributed by atoms with van der Waals surface area (Å²) in [6.07, 6.45) is 3.43. The van der Waals surface area contributed by atoms with E-state index < -0.39 is 5.91 Å². The summed E-state index contributed by atoms with van der Waals surface area (Å²) in [5.41, 5.74) is 6.59. The smallest absolute Gasteiger partial charge is 0.259 e. The van der Waals surface area contributed by atoms with Gasteiger partial charge in [0.15, 0.2) is 0 Å². The second-order valence-electron chi connectivity index (χ2n) is 7.77. The zero-order valence-corrected chi connectivity index (χ0v) is 18.0. The monoisotopic (exact) mass is 440 g/mol. The number of nitrogens with two attached hydrogens (primary N) is 1. The number of hydrogen-bond donors (Lipinski definition) is 1. The Morgan fingerprint density at radius 1 is 1.19 bits per heavy atom. The molecule has 2 amide bonds. The minimum atomic E-state index is -0.415. The van der Waals surface area contributed by atoms with Crippen molar-refractivity contribution in [1.82, 2.24) is 4.90 Å². The van der Waals surface area contributed by atoms with Crippen molar-refractivity contribution in [2.24, 2.45) is 5.73 Å². The van der Waals surface area contributed by atoms with Gasteiger partial charge in [0, 0.05) is 29.8 Å². The van der Waals surface area contributed by atoms with E-state index in [1.165, 1.54) is 23.5 Å². The lowest BCUT2D eigenvalue weighted by Crippen LogP contribution is -2.37. The zero-order chi connectivity index (χ0) is 21.8. The van der Waals surface area contributed by atoms with Crippen molar-refractivity contribution in [3.05, 3.63) is 64.8 Å². The van der Waals surface area contributed by atoms with Gasteiger partial charge >= 0.3 is 0 Å². The lowest BCUT2D eigenvalue weighted by atomic mass is 10.00. The van der Waals surface area contributed by atoms with Crippen LogP contribution in [0, 0.1) is 5.82 Å². The maximum atomic E-state index is 13.2. The van der Waals surface area contributed by atoms with Crippen LogP contribution in [-0.4, -0.2) is 35.9 Å². The number of carbonyl (C=O) groups is 2. The molecular weight excluding hydrogens is 415 g/mol. The number of fused-ring (bicyclic) bond motifs is 1. The number of ether oxygens (including phenoxy) is 1. The van der Waals surface area contributed by atoms with Crippen molar-refractivity contribution in [3.63, 3.8) is 0 Å². The number of rotatable bonds is 8. The highest BCUT2D eigenvalue weighted by Crippen LogP contribution is 2.34. The summed E-state index contributed by atoms with van der Waals surface area (Å²) in [4.78, 5) is 27.4. The summed E-state index contributed by atoms with van der Waals surface area (Å²) >= 11 is 1.42. The predicted octanol–water partition coefficient (Wildman–Crippen LogP) is 4.53. The van der Waals surface area contributed by atoms with Crippen LogP contribution in [0.4, 0.5) is 4.39 Å². The minimum Gasteiger partial charge on any atom is -0.493 e. The highest BCUT2D eigenvalue weighted by atomic mass is 32.1. The van der Waals surface area contributed by atoms with Gasteiger partial charge in [-0.2, -0.15) is 0 Å². The third-order valence-corrected chi connectivity index (χ3v) is 6.89. The molecule has 1 atom stereocenters. The van der Waals surface area contributed by atoms with Crippen molar-refractivity contribution in [2.75, 3.05) is 13.2 Å². The van der Waals surface area contributed by atoms with Crippen LogP contribution in [0.1, 0.15) is 40.9 Å². The molecule has 0 saturated carbocycles. The van der Waals surface area contributed by atoms with Gasteiger partial charge in [0.1, 0.15) is 11.6 Å². The Bertz CT molecular complexity index is 1100. The Hall–Kier alpha value is -2.93. The van der Waals surface area contributed by atoms with Gasteiger partial charge < -0.3 is 15.4 Å². The number of benzene rings is 2. The molecular formula is C24H25FN2O3S. The molecule has 0 radical (unpaired) electrons. The van der Waals surface area contributed by atoms with Crippen LogP contribution in [0.15, 0.2) is 48.5 Å². The molecule has 162 valence electrons. The number of nitrogens with zero attached hydrogens (tertiary/aromatic N) is 1. The van der Waals surface area contributed by atoms with Gasteiger partial charge in [-0.05, 0) is 54.8 Å². The summed E-state index contributed by atoms with van der Waals surface area (Å²) in [7, 11) is 0.